The third-order valence-corrected chi connectivity index (χ3v) is 1.33. The standard InChI is InChI=1S/C7H10N2/c1-3-6(2)7-4-8-9-5-7/h4-5H,2-3H2,1H3,(H,8,9). The first-order valence-corrected chi connectivity index (χ1v) is 3.01. The lowest BCUT2D eigenvalue weighted by Crippen LogP contribution is -1.73. The molecule has 0 aliphatic heterocycles. The fourth-order valence-corrected chi connectivity index (χ4v) is 0.648. The third-order valence-electron chi connectivity index (χ3n) is 1.33. The van der Waals surface area contributed by atoms with Crippen LogP contribution in [0.2, 0.25) is 0 Å². The number of aromatic amines is 1. The molecule has 2 heteroatoms. The van der Waals surface area contributed by atoms with Gasteiger partial charge in [-0.05, 0) is 12.0 Å². The average molecular weight is 122 g/mol. The van der Waals surface area contributed by atoms with Gasteiger partial charge in [0.25, 0.3) is 0 Å². The van der Waals surface area contributed by atoms with E-state index < -0.39 is 0 Å². The Morgan fingerprint density at radius 2 is 2.67 bits per heavy atom. The highest BCUT2D eigenvalue weighted by molar-refractivity contribution is 5.61. The lowest BCUT2D eigenvalue weighted by molar-refractivity contribution is 1.09. The maximum absolute atomic E-state index is 3.86. The van der Waals surface area contributed by atoms with Gasteiger partial charge in [-0.15, -0.1) is 0 Å². The second-order valence-corrected chi connectivity index (χ2v) is 1.94. The fourth-order valence-electron chi connectivity index (χ4n) is 0.648. The van der Waals surface area contributed by atoms with Crippen LogP contribution in [0.25, 0.3) is 5.57 Å². The zero-order chi connectivity index (χ0) is 6.69. The maximum Gasteiger partial charge on any atom is 0.0562 e. The van der Waals surface area contributed by atoms with Crippen LogP contribution in [-0.4, -0.2) is 10.2 Å². The summed E-state index contributed by atoms with van der Waals surface area (Å²) in [5, 5.41) is 6.54. The van der Waals surface area contributed by atoms with Crippen LogP contribution in [-0.2, 0) is 0 Å². The number of hydrogen-bond donors (Lipinski definition) is 1. The van der Waals surface area contributed by atoms with Crippen molar-refractivity contribution >= 4 is 5.57 Å². The molecule has 1 N–H and O–H groups in total. The Bertz CT molecular complexity index is 187. The molecule has 48 valence electrons. The Morgan fingerprint density at radius 1 is 1.89 bits per heavy atom. The zero-order valence-electron chi connectivity index (χ0n) is 5.52. The highest BCUT2D eigenvalue weighted by atomic mass is 15.1. The van der Waals surface area contributed by atoms with E-state index in [1.807, 2.05) is 6.20 Å². The smallest absolute Gasteiger partial charge is 0.0562 e. The van der Waals surface area contributed by atoms with Crippen LogP contribution in [0.5, 0.6) is 0 Å². The van der Waals surface area contributed by atoms with Crippen LogP contribution >= 0.6 is 0 Å². The first-order valence-electron chi connectivity index (χ1n) is 3.01. The molecule has 1 aromatic heterocycles. The molecule has 0 fully saturated rings. The molecule has 0 saturated heterocycles. The molecule has 0 bridgehead atoms. The molecule has 0 spiro atoms. The van der Waals surface area contributed by atoms with Crippen LogP contribution in [0.3, 0.4) is 0 Å². The average Bonchev–Trinajstić information content (AvgIpc) is 2.37. The van der Waals surface area contributed by atoms with Gasteiger partial charge in [0.2, 0.25) is 0 Å². The Kier molecular flexibility index (Phi) is 1.68. The molecule has 1 rings (SSSR count). The molecule has 0 aliphatic rings. The topological polar surface area (TPSA) is 28.7 Å². The lowest BCUT2D eigenvalue weighted by Gasteiger charge is -1.92. The van der Waals surface area contributed by atoms with E-state index in [1.54, 1.807) is 6.20 Å². The molecule has 0 aliphatic carbocycles. The van der Waals surface area contributed by atoms with Crippen molar-refractivity contribution < 1.29 is 0 Å². The minimum Gasteiger partial charge on any atom is -0.285 e. The molecule has 0 atom stereocenters. The number of hydrogen-bond acceptors (Lipinski definition) is 1. The van der Waals surface area contributed by atoms with Gasteiger partial charge in [0, 0.05) is 11.8 Å². The van der Waals surface area contributed by atoms with Gasteiger partial charge in [-0.1, -0.05) is 13.5 Å². The Balaban J connectivity index is 2.77. The van der Waals surface area contributed by atoms with Crippen molar-refractivity contribution in [3.8, 4) is 0 Å². The van der Waals surface area contributed by atoms with E-state index in [0.29, 0.717) is 0 Å². The van der Waals surface area contributed by atoms with E-state index in [2.05, 4.69) is 23.7 Å². The molecule has 9 heavy (non-hydrogen) atoms. The highest BCUT2D eigenvalue weighted by Crippen LogP contribution is 2.11. The van der Waals surface area contributed by atoms with E-state index in [1.165, 1.54) is 0 Å². The first kappa shape index (κ1) is 6.08. The van der Waals surface area contributed by atoms with Gasteiger partial charge in [0.1, 0.15) is 0 Å². The van der Waals surface area contributed by atoms with Gasteiger partial charge < -0.3 is 0 Å². The van der Waals surface area contributed by atoms with Crippen LogP contribution in [0.15, 0.2) is 19.0 Å². The molecule has 2 nitrogen and oxygen atoms in total. The number of nitrogens with one attached hydrogen (secondary N) is 1. The molecule has 0 aromatic carbocycles. The number of allylic oxidation sites excluding steroid dienone is 1. The molecule has 0 unspecified atom stereocenters. The normalized spacial score (nSPS) is 9.44. The van der Waals surface area contributed by atoms with E-state index in [4.69, 9.17) is 0 Å². The minimum atomic E-state index is 0.986. The van der Waals surface area contributed by atoms with Crippen LogP contribution in [0.1, 0.15) is 18.9 Å². The predicted octanol–water partition coefficient (Wildman–Crippen LogP) is 1.83. The van der Waals surface area contributed by atoms with Crippen molar-refractivity contribution in [2.45, 2.75) is 13.3 Å². The maximum atomic E-state index is 3.86. The highest BCUT2D eigenvalue weighted by Gasteiger charge is 1.93. The molecular weight excluding hydrogens is 112 g/mol. The molecule has 1 heterocycles. The van der Waals surface area contributed by atoms with Crippen LogP contribution in [0.4, 0.5) is 0 Å². The van der Waals surface area contributed by atoms with Crippen molar-refractivity contribution in [1.82, 2.24) is 10.2 Å². The zero-order valence-corrected chi connectivity index (χ0v) is 5.52. The summed E-state index contributed by atoms with van der Waals surface area (Å²) in [7, 11) is 0. The van der Waals surface area contributed by atoms with Crippen molar-refractivity contribution in [1.29, 1.82) is 0 Å². The summed E-state index contributed by atoms with van der Waals surface area (Å²) in [6.45, 7) is 5.93. The summed E-state index contributed by atoms with van der Waals surface area (Å²) < 4.78 is 0. The van der Waals surface area contributed by atoms with E-state index in [0.717, 1.165) is 17.6 Å². The third kappa shape index (κ3) is 1.19. The Hall–Kier alpha value is -1.05. The van der Waals surface area contributed by atoms with Crippen LogP contribution < -0.4 is 0 Å². The van der Waals surface area contributed by atoms with Crippen molar-refractivity contribution in [2.24, 2.45) is 0 Å². The minimum absolute atomic E-state index is 0.986. The second kappa shape index (κ2) is 2.49. The summed E-state index contributed by atoms with van der Waals surface area (Å²) in [6.07, 6.45) is 4.62. The molecule has 0 amide bonds. The number of rotatable bonds is 2. The summed E-state index contributed by atoms with van der Waals surface area (Å²) in [5.74, 6) is 0. The monoisotopic (exact) mass is 122 g/mol. The quantitative estimate of drug-likeness (QED) is 0.637. The number of aromatic nitrogens is 2. The molecule has 0 saturated carbocycles. The number of nitrogens with zero attached hydrogens (tertiary/aromatic N) is 1. The van der Waals surface area contributed by atoms with Crippen molar-refractivity contribution in [3.05, 3.63) is 24.5 Å². The molecular formula is C7H10N2. The van der Waals surface area contributed by atoms with Gasteiger partial charge >= 0.3 is 0 Å². The number of H-pyrrole nitrogens is 1. The largest absolute Gasteiger partial charge is 0.285 e. The Morgan fingerprint density at radius 3 is 3.11 bits per heavy atom. The fraction of sp³-hybridized carbons (Fsp3) is 0.286. The van der Waals surface area contributed by atoms with Gasteiger partial charge in [-0.2, -0.15) is 5.10 Å². The summed E-state index contributed by atoms with van der Waals surface area (Å²) in [5.41, 5.74) is 2.24. The second-order valence-electron chi connectivity index (χ2n) is 1.94. The van der Waals surface area contributed by atoms with Crippen LogP contribution in [0, 0.1) is 0 Å². The predicted molar refractivity (Wildman–Crippen MR) is 37.9 cm³/mol. The van der Waals surface area contributed by atoms with Gasteiger partial charge in [-0.25, -0.2) is 0 Å². The first-order chi connectivity index (χ1) is 4.34. The van der Waals surface area contributed by atoms with Gasteiger partial charge in [-0.3, -0.25) is 5.10 Å². The molecule has 0 radical (unpaired) electrons. The van der Waals surface area contributed by atoms with Gasteiger partial charge in [0.05, 0.1) is 6.20 Å². The van der Waals surface area contributed by atoms with Crippen molar-refractivity contribution in [3.63, 3.8) is 0 Å². The summed E-state index contributed by atoms with van der Waals surface area (Å²) in [6, 6.07) is 0. The lowest BCUT2D eigenvalue weighted by atomic mass is 10.1. The van der Waals surface area contributed by atoms with Gasteiger partial charge in [0.15, 0.2) is 0 Å². The summed E-state index contributed by atoms with van der Waals surface area (Å²) in [4.78, 5) is 0. The summed E-state index contributed by atoms with van der Waals surface area (Å²) >= 11 is 0. The van der Waals surface area contributed by atoms with E-state index in [9.17, 15) is 0 Å². The van der Waals surface area contributed by atoms with Crippen molar-refractivity contribution in [2.75, 3.05) is 0 Å². The van der Waals surface area contributed by atoms with E-state index in [-0.39, 0.29) is 0 Å². The van der Waals surface area contributed by atoms with E-state index >= 15 is 0 Å². The molecule has 1 aromatic rings. The SMILES string of the molecule is C=C(CC)c1cn[nH]c1. The Labute approximate surface area is 54.6 Å².